The number of hydrogen-bond donors (Lipinski definition) is 1. The lowest BCUT2D eigenvalue weighted by Gasteiger charge is -2.24. The third-order valence-corrected chi connectivity index (χ3v) is 3.74. The molecule has 21 heavy (non-hydrogen) atoms. The van der Waals surface area contributed by atoms with Crippen molar-refractivity contribution < 1.29 is 9.53 Å². The number of amides is 1. The maximum absolute atomic E-state index is 12.6. The maximum atomic E-state index is 12.6. The molecule has 0 aliphatic carbocycles. The minimum Gasteiger partial charge on any atom is -0.497 e. The molecule has 0 saturated heterocycles. The lowest BCUT2D eigenvalue weighted by molar-refractivity contribution is -0.120. The Labute approximate surface area is 126 Å². The fraction of sp³-hybridized carbons (Fsp3) is 0.278. The predicted molar refractivity (Wildman–Crippen MR) is 85.8 cm³/mol. The van der Waals surface area contributed by atoms with Gasteiger partial charge in [0.25, 0.3) is 0 Å². The van der Waals surface area contributed by atoms with Crippen LogP contribution in [0, 0.1) is 6.92 Å². The van der Waals surface area contributed by atoms with E-state index in [9.17, 15) is 4.79 Å². The van der Waals surface area contributed by atoms with Gasteiger partial charge in [0.05, 0.1) is 12.5 Å². The zero-order valence-corrected chi connectivity index (χ0v) is 12.9. The first-order chi connectivity index (χ1) is 9.95. The molecule has 0 spiro atoms. The highest BCUT2D eigenvalue weighted by Crippen LogP contribution is 2.27. The zero-order valence-electron chi connectivity index (χ0n) is 12.9. The first-order valence-electron chi connectivity index (χ1n) is 6.97. The van der Waals surface area contributed by atoms with Gasteiger partial charge in [0, 0.05) is 5.69 Å². The van der Waals surface area contributed by atoms with Gasteiger partial charge in [-0.15, -0.1) is 0 Å². The second-order valence-electron chi connectivity index (χ2n) is 5.63. The van der Waals surface area contributed by atoms with Crippen molar-refractivity contribution >= 4 is 11.6 Å². The van der Waals surface area contributed by atoms with Crippen LogP contribution in [0.15, 0.2) is 48.5 Å². The minimum absolute atomic E-state index is 0.0260. The van der Waals surface area contributed by atoms with E-state index in [2.05, 4.69) is 5.32 Å². The molecular weight excluding hydrogens is 262 g/mol. The first-order valence-corrected chi connectivity index (χ1v) is 6.97. The molecular formula is C18H21NO2. The van der Waals surface area contributed by atoms with Gasteiger partial charge in [-0.1, -0.05) is 30.3 Å². The highest BCUT2D eigenvalue weighted by molar-refractivity contribution is 5.99. The first kappa shape index (κ1) is 15.1. The van der Waals surface area contributed by atoms with E-state index >= 15 is 0 Å². The molecule has 1 amide bonds. The van der Waals surface area contributed by atoms with Crippen LogP contribution >= 0.6 is 0 Å². The number of ether oxygens (including phenoxy) is 1. The summed E-state index contributed by atoms with van der Waals surface area (Å²) in [5.74, 6) is 0.759. The second-order valence-corrected chi connectivity index (χ2v) is 5.63. The Morgan fingerprint density at radius 3 is 2.33 bits per heavy atom. The van der Waals surface area contributed by atoms with Crippen molar-refractivity contribution in [2.24, 2.45) is 0 Å². The minimum atomic E-state index is -0.590. The van der Waals surface area contributed by atoms with E-state index in [-0.39, 0.29) is 5.91 Å². The Hall–Kier alpha value is -2.29. The van der Waals surface area contributed by atoms with Crippen molar-refractivity contribution in [1.82, 2.24) is 0 Å². The Balaban J connectivity index is 2.21. The van der Waals surface area contributed by atoms with Crippen LogP contribution in [0.4, 0.5) is 5.69 Å². The normalized spacial score (nSPS) is 11.0. The molecule has 0 aliphatic rings. The van der Waals surface area contributed by atoms with Crippen LogP contribution in [0.2, 0.25) is 0 Å². The summed E-state index contributed by atoms with van der Waals surface area (Å²) in [5.41, 5.74) is 2.19. The van der Waals surface area contributed by atoms with Gasteiger partial charge in [0.2, 0.25) is 5.91 Å². The number of rotatable bonds is 4. The summed E-state index contributed by atoms with van der Waals surface area (Å²) in [6.07, 6.45) is 0. The van der Waals surface area contributed by atoms with Crippen molar-refractivity contribution in [3.8, 4) is 5.75 Å². The summed E-state index contributed by atoms with van der Waals surface area (Å²) < 4.78 is 5.18. The zero-order chi connectivity index (χ0) is 15.5. The van der Waals surface area contributed by atoms with E-state index in [1.807, 2.05) is 69.3 Å². The van der Waals surface area contributed by atoms with Crippen molar-refractivity contribution in [2.75, 3.05) is 12.4 Å². The van der Waals surface area contributed by atoms with Crippen molar-refractivity contribution in [2.45, 2.75) is 26.2 Å². The van der Waals surface area contributed by atoms with Crippen molar-refractivity contribution in [3.05, 3.63) is 59.7 Å². The number of carbonyl (C=O) groups is 1. The van der Waals surface area contributed by atoms with E-state index in [4.69, 9.17) is 4.74 Å². The lowest BCUT2D eigenvalue weighted by Crippen LogP contribution is -2.34. The number of aryl methyl sites for hydroxylation is 1. The molecule has 3 heteroatoms. The van der Waals surface area contributed by atoms with Crippen LogP contribution in [0.3, 0.4) is 0 Å². The predicted octanol–water partition coefficient (Wildman–Crippen LogP) is 3.92. The largest absolute Gasteiger partial charge is 0.497 e. The second kappa shape index (κ2) is 6.00. The van der Waals surface area contributed by atoms with E-state index < -0.39 is 5.41 Å². The van der Waals surface area contributed by atoms with Gasteiger partial charge in [-0.25, -0.2) is 0 Å². The SMILES string of the molecule is COc1ccc(NC(=O)C(C)(C)c2ccccc2)c(C)c1. The monoisotopic (exact) mass is 283 g/mol. The molecule has 110 valence electrons. The number of nitrogens with one attached hydrogen (secondary N) is 1. The van der Waals surface area contributed by atoms with Crippen LogP contribution in [0.25, 0.3) is 0 Å². The Kier molecular flexibility index (Phi) is 4.32. The molecule has 0 heterocycles. The van der Waals surface area contributed by atoms with Crippen LogP contribution in [-0.2, 0) is 10.2 Å². The van der Waals surface area contributed by atoms with Crippen molar-refractivity contribution in [3.63, 3.8) is 0 Å². The number of anilines is 1. The topological polar surface area (TPSA) is 38.3 Å². The van der Waals surface area contributed by atoms with Crippen LogP contribution in [0.1, 0.15) is 25.0 Å². The summed E-state index contributed by atoms with van der Waals surface area (Å²) >= 11 is 0. The van der Waals surface area contributed by atoms with Gasteiger partial charge in [0.15, 0.2) is 0 Å². The van der Waals surface area contributed by atoms with Crippen LogP contribution < -0.4 is 10.1 Å². The van der Waals surface area contributed by atoms with Gasteiger partial charge < -0.3 is 10.1 Å². The van der Waals surface area contributed by atoms with E-state index in [0.717, 1.165) is 22.6 Å². The summed E-state index contributed by atoms with van der Waals surface area (Å²) in [6.45, 7) is 5.81. The number of hydrogen-bond acceptors (Lipinski definition) is 2. The average molecular weight is 283 g/mol. The molecule has 0 bridgehead atoms. The molecule has 0 radical (unpaired) electrons. The molecule has 0 atom stereocenters. The molecule has 0 unspecified atom stereocenters. The molecule has 0 fully saturated rings. The Morgan fingerprint density at radius 1 is 1.10 bits per heavy atom. The third kappa shape index (κ3) is 3.24. The molecule has 0 aromatic heterocycles. The fourth-order valence-corrected chi connectivity index (χ4v) is 2.17. The molecule has 2 rings (SSSR count). The Morgan fingerprint density at radius 2 is 1.76 bits per heavy atom. The smallest absolute Gasteiger partial charge is 0.234 e. The average Bonchev–Trinajstić information content (AvgIpc) is 2.50. The maximum Gasteiger partial charge on any atom is 0.234 e. The Bertz CT molecular complexity index is 633. The highest BCUT2D eigenvalue weighted by atomic mass is 16.5. The fourth-order valence-electron chi connectivity index (χ4n) is 2.17. The number of methoxy groups -OCH3 is 1. The highest BCUT2D eigenvalue weighted by Gasteiger charge is 2.29. The van der Waals surface area contributed by atoms with Gasteiger partial charge in [-0.2, -0.15) is 0 Å². The molecule has 0 aliphatic heterocycles. The molecule has 2 aromatic carbocycles. The summed E-state index contributed by atoms with van der Waals surface area (Å²) in [7, 11) is 1.63. The number of benzene rings is 2. The van der Waals surface area contributed by atoms with Gasteiger partial charge >= 0.3 is 0 Å². The van der Waals surface area contributed by atoms with E-state index in [1.54, 1.807) is 7.11 Å². The molecule has 1 N–H and O–H groups in total. The van der Waals surface area contributed by atoms with Gasteiger partial charge in [-0.3, -0.25) is 4.79 Å². The summed E-state index contributed by atoms with van der Waals surface area (Å²) in [6, 6.07) is 15.4. The molecule has 2 aromatic rings. The van der Waals surface area contributed by atoms with E-state index in [1.165, 1.54) is 0 Å². The molecule has 0 saturated carbocycles. The van der Waals surface area contributed by atoms with Crippen LogP contribution in [-0.4, -0.2) is 13.0 Å². The number of carbonyl (C=O) groups excluding carboxylic acids is 1. The van der Waals surface area contributed by atoms with Gasteiger partial charge in [-0.05, 0) is 50.1 Å². The lowest BCUT2D eigenvalue weighted by atomic mass is 9.83. The van der Waals surface area contributed by atoms with Gasteiger partial charge in [0.1, 0.15) is 5.75 Å². The summed E-state index contributed by atoms with van der Waals surface area (Å²) in [4.78, 5) is 12.6. The molecule has 3 nitrogen and oxygen atoms in total. The summed E-state index contributed by atoms with van der Waals surface area (Å²) in [5, 5.41) is 3.01. The van der Waals surface area contributed by atoms with Crippen LogP contribution in [0.5, 0.6) is 5.75 Å². The third-order valence-electron chi connectivity index (χ3n) is 3.74. The quantitative estimate of drug-likeness (QED) is 0.923. The standard InChI is InChI=1S/C18H21NO2/c1-13-12-15(21-4)10-11-16(13)19-17(20)18(2,3)14-8-6-5-7-9-14/h5-12H,1-4H3,(H,19,20). The van der Waals surface area contributed by atoms with E-state index in [0.29, 0.717) is 0 Å². The van der Waals surface area contributed by atoms with Crippen molar-refractivity contribution in [1.29, 1.82) is 0 Å².